The van der Waals surface area contributed by atoms with Gasteiger partial charge in [-0.2, -0.15) is 41.3 Å². The summed E-state index contributed by atoms with van der Waals surface area (Å²) in [5.74, 6) is -0.576. The van der Waals surface area contributed by atoms with Crippen molar-refractivity contribution in [2.75, 3.05) is 17.2 Å². The summed E-state index contributed by atoms with van der Waals surface area (Å²) in [6.45, 7) is -0.238. The molecule has 4 rings (SSSR count). The molecule has 0 spiro atoms. The van der Waals surface area contributed by atoms with Gasteiger partial charge in [0.1, 0.15) is 17.1 Å². The lowest BCUT2D eigenvalue weighted by Gasteiger charge is -2.16. The zero-order chi connectivity index (χ0) is 23.9. The van der Waals surface area contributed by atoms with Crippen LogP contribution in [0.15, 0.2) is 36.5 Å². The number of pyridine rings is 2. The van der Waals surface area contributed by atoms with E-state index in [2.05, 4.69) is 35.6 Å². The first-order valence-corrected chi connectivity index (χ1v) is 9.47. The maximum Gasteiger partial charge on any atom is 0.433 e. The van der Waals surface area contributed by atoms with Gasteiger partial charge in [-0.15, -0.1) is 0 Å². The van der Waals surface area contributed by atoms with Gasteiger partial charge in [-0.1, -0.05) is 6.07 Å². The SMILES string of the molecule is OCC1(Nc2nc(Nc3ccnc(C(F)(F)F)c3)nc(-c3cccc(C(F)(F)F)n3)n2)CC1. The predicted molar refractivity (Wildman–Crippen MR) is 103 cm³/mol. The fourth-order valence-corrected chi connectivity index (χ4v) is 2.82. The first kappa shape index (κ1) is 22.6. The number of nitrogens with zero attached hydrogens (tertiary/aromatic N) is 5. The molecule has 0 unspecified atom stereocenters. The van der Waals surface area contributed by atoms with E-state index in [9.17, 15) is 31.4 Å². The summed E-state index contributed by atoms with van der Waals surface area (Å²) in [4.78, 5) is 19.0. The van der Waals surface area contributed by atoms with Crippen molar-refractivity contribution in [2.45, 2.75) is 30.7 Å². The van der Waals surface area contributed by atoms with E-state index in [0.717, 1.165) is 24.4 Å². The highest BCUT2D eigenvalue weighted by atomic mass is 19.4. The summed E-state index contributed by atoms with van der Waals surface area (Å²) < 4.78 is 78.1. The number of aliphatic hydroxyl groups is 1. The molecule has 0 aliphatic heterocycles. The van der Waals surface area contributed by atoms with Crippen LogP contribution in [0.3, 0.4) is 0 Å². The third-order valence-electron chi connectivity index (χ3n) is 4.74. The van der Waals surface area contributed by atoms with Crippen LogP contribution in [0.4, 0.5) is 43.9 Å². The molecule has 1 aliphatic rings. The molecule has 8 nitrogen and oxygen atoms in total. The molecule has 3 aromatic heterocycles. The van der Waals surface area contributed by atoms with Gasteiger partial charge in [-0.05, 0) is 37.1 Å². The van der Waals surface area contributed by atoms with Gasteiger partial charge in [0.2, 0.25) is 11.9 Å². The Morgan fingerprint density at radius 1 is 0.879 bits per heavy atom. The molecule has 0 atom stereocenters. The van der Waals surface area contributed by atoms with Crippen LogP contribution >= 0.6 is 0 Å². The highest BCUT2D eigenvalue weighted by molar-refractivity contribution is 5.59. The van der Waals surface area contributed by atoms with Crippen molar-refractivity contribution >= 4 is 17.6 Å². The summed E-state index contributed by atoms with van der Waals surface area (Å²) in [5, 5.41) is 15.0. The van der Waals surface area contributed by atoms with Crippen LogP contribution in [0.25, 0.3) is 11.5 Å². The van der Waals surface area contributed by atoms with Gasteiger partial charge in [0.25, 0.3) is 0 Å². The lowest BCUT2D eigenvalue weighted by atomic mass is 10.3. The smallest absolute Gasteiger partial charge is 0.394 e. The number of hydrogen-bond acceptors (Lipinski definition) is 8. The van der Waals surface area contributed by atoms with E-state index in [1.165, 1.54) is 12.1 Å². The van der Waals surface area contributed by atoms with E-state index in [0.29, 0.717) is 12.8 Å². The molecule has 3 aromatic rings. The van der Waals surface area contributed by atoms with Crippen molar-refractivity contribution in [1.29, 1.82) is 0 Å². The normalized spacial score (nSPS) is 15.2. The standard InChI is InChI=1S/C19H15F6N7O/c20-18(21,22)12-3-1-2-11(28-12)14-29-15(31-16(30-14)32-17(9-33)5-6-17)27-10-4-7-26-13(8-10)19(23,24)25/h1-4,7-8,33H,5-6,9H2,(H2,26,27,29,30,31,32). The van der Waals surface area contributed by atoms with Gasteiger partial charge in [0.05, 0.1) is 12.1 Å². The first-order valence-electron chi connectivity index (χ1n) is 9.47. The third-order valence-corrected chi connectivity index (χ3v) is 4.74. The van der Waals surface area contributed by atoms with Crippen LogP contribution in [0.5, 0.6) is 0 Å². The Balaban J connectivity index is 1.73. The Labute approximate surface area is 182 Å². The van der Waals surface area contributed by atoms with E-state index >= 15 is 0 Å². The molecule has 3 heterocycles. The number of nitrogens with one attached hydrogen (secondary N) is 2. The van der Waals surface area contributed by atoms with Crippen LogP contribution < -0.4 is 10.6 Å². The van der Waals surface area contributed by atoms with Crippen molar-refractivity contribution in [3.05, 3.63) is 47.9 Å². The van der Waals surface area contributed by atoms with Gasteiger partial charge < -0.3 is 15.7 Å². The summed E-state index contributed by atoms with van der Waals surface area (Å²) in [6.07, 6.45) is -7.24. The van der Waals surface area contributed by atoms with Crippen molar-refractivity contribution in [3.63, 3.8) is 0 Å². The largest absolute Gasteiger partial charge is 0.433 e. The van der Waals surface area contributed by atoms with E-state index < -0.39 is 29.3 Å². The zero-order valence-corrected chi connectivity index (χ0v) is 16.5. The molecule has 0 radical (unpaired) electrons. The highest BCUT2D eigenvalue weighted by Gasteiger charge is 2.43. The molecule has 174 valence electrons. The minimum atomic E-state index is -4.70. The van der Waals surface area contributed by atoms with Crippen LogP contribution in [-0.2, 0) is 12.4 Å². The molecule has 0 saturated heterocycles. The van der Waals surface area contributed by atoms with Crippen molar-refractivity contribution in [2.24, 2.45) is 0 Å². The van der Waals surface area contributed by atoms with E-state index in [4.69, 9.17) is 0 Å². The Morgan fingerprint density at radius 2 is 1.58 bits per heavy atom. The fourth-order valence-electron chi connectivity index (χ4n) is 2.82. The molecule has 1 aliphatic carbocycles. The summed E-state index contributed by atoms with van der Waals surface area (Å²) in [5.41, 5.74) is -3.28. The molecule has 1 fully saturated rings. The Morgan fingerprint density at radius 3 is 2.21 bits per heavy atom. The number of alkyl halides is 6. The monoisotopic (exact) mass is 471 g/mol. The average Bonchev–Trinajstić information content (AvgIpc) is 3.52. The van der Waals surface area contributed by atoms with E-state index in [1.54, 1.807) is 0 Å². The molecule has 0 amide bonds. The number of aliphatic hydroxyl groups excluding tert-OH is 1. The highest BCUT2D eigenvalue weighted by Crippen LogP contribution is 2.38. The Bertz CT molecular complexity index is 1160. The minimum Gasteiger partial charge on any atom is -0.394 e. The minimum absolute atomic E-state index is 0.0549. The zero-order valence-electron chi connectivity index (χ0n) is 16.5. The summed E-state index contributed by atoms with van der Waals surface area (Å²) in [6, 6.07) is 5.14. The van der Waals surface area contributed by atoms with Crippen molar-refractivity contribution < 1.29 is 31.4 Å². The topological polar surface area (TPSA) is 109 Å². The number of hydrogen-bond donors (Lipinski definition) is 3. The number of aromatic nitrogens is 5. The molecule has 0 bridgehead atoms. The maximum absolute atomic E-state index is 13.1. The maximum atomic E-state index is 13.1. The van der Waals surface area contributed by atoms with Gasteiger partial charge in [0, 0.05) is 11.9 Å². The van der Waals surface area contributed by atoms with Crippen molar-refractivity contribution in [1.82, 2.24) is 24.9 Å². The molecular weight excluding hydrogens is 456 g/mol. The van der Waals surface area contributed by atoms with Crippen LogP contribution in [0.1, 0.15) is 24.2 Å². The van der Waals surface area contributed by atoms with Crippen LogP contribution in [0.2, 0.25) is 0 Å². The Hall–Kier alpha value is -3.55. The second-order valence-electron chi connectivity index (χ2n) is 7.33. The van der Waals surface area contributed by atoms with Crippen molar-refractivity contribution in [3.8, 4) is 11.5 Å². The van der Waals surface area contributed by atoms with Crippen LogP contribution in [-0.4, -0.2) is 42.2 Å². The first-order chi connectivity index (χ1) is 15.5. The third kappa shape index (κ3) is 5.27. The number of halogens is 6. The Kier molecular flexibility index (Phi) is 5.56. The molecule has 0 aromatic carbocycles. The molecule has 33 heavy (non-hydrogen) atoms. The van der Waals surface area contributed by atoms with E-state index in [-0.39, 0.29) is 35.7 Å². The second kappa shape index (κ2) is 8.10. The number of rotatable bonds is 6. The van der Waals surface area contributed by atoms with Gasteiger partial charge in [-0.25, -0.2) is 4.98 Å². The molecule has 14 heteroatoms. The molecule has 3 N–H and O–H groups in total. The lowest BCUT2D eigenvalue weighted by molar-refractivity contribution is -0.141. The molecule has 1 saturated carbocycles. The second-order valence-corrected chi connectivity index (χ2v) is 7.33. The predicted octanol–water partition coefficient (Wildman–Crippen LogP) is 4.05. The van der Waals surface area contributed by atoms with Gasteiger partial charge >= 0.3 is 12.4 Å². The molecular formula is C19H15F6N7O. The fraction of sp³-hybridized carbons (Fsp3) is 0.316. The quantitative estimate of drug-likeness (QED) is 0.462. The van der Waals surface area contributed by atoms with Gasteiger partial charge in [-0.3, -0.25) is 4.98 Å². The van der Waals surface area contributed by atoms with Crippen LogP contribution in [0, 0.1) is 0 Å². The van der Waals surface area contributed by atoms with E-state index in [1.807, 2.05) is 0 Å². The van der Waals surface area contributed by atoms with Gasteiger partial charge in [0.15, 0.2) is 5.82 Å². The average molecular weight is 471 g/mol. The lowest BCUT2D eigenvalue weighted by Crippen LogP contribution is -2.27. The summed E-state index contributed by atoms with van der Waals surface area (Å²) in [7, 11) is 0. The summed E-state index contributed by atoms with van der Waals surface area (Å²) >= 11 is 0. The number of anilines is 3.